The molecule has 7 nitrogen and oxygen atoms in total. The Bertz CT molecular complexity index is 639. The maximum atomic E-state index is 12.8. The van der Waals surface area contributed by atoms with Gasteiger partial charge in [-0.25, -0.2) is 0 Å². The summed E-state index contributed by atoms with van der Waals surface area (Å²) >= 11 is 0. The van der Waals surface area contributed by atoms with Gasteiger partial charge in [-0.3, -0.25) is 14.5 Å². The van der Waals surface area contributed by atoms with Gasteiger partial charge in [0.1, 0.15) is 11.5 Å². The van der Waals surface area contributed by atoms with Crippen LogP contribution in [0.4, 0.5) is 0 Å². The third-order valence-corrected chi connectivity index (χ3v) is 5.42. The molecule has 27 heavy (non-hydrogen) atoms. The highest BCUT2D eigenvalue weighted by Crippen LogP contribution is 2.21. The number of nitrogens with zero attached hydrogens (tertiary/aromatic N) is 3. The fourth-order valence-electron chi connectivity index (χ4n) is 3.84. The topological polar surface area (TPSA) is 66.2 Å². The van der Waals surface area contributed by atoms with Crippen molar-refractivity contribution < 1.29 is 18.7 Å². The van der Waals surface area contributed by atoms with Crippen LogP contribution in [0.2, 0.25) is 0 Å². The molecule has 0 spiro atoms. The van der Waals surface area contributed by atoms with E-state index in [4.69, 9.17) is 9.15 Å². The van der Waals surface area contributed by atoms with Crippen LogP contribution in [0.25, 0.3) is 0 Å². The molecule has 2 fully saturated rings. The van der Waals surface area contributed by atoms with E-state index in [2.05, 4.69) is 4.90 Å². The van der Waals surface area contributed by atoms with Crippen LogP contribution in [0, 0.1) is 12.8 Å². The monoisotopic (exact) mass is 377 g/mol. The third-order valence-electron chi connectivity index (χ3n) is 5.42. The Kier molecular flexibility index (Phi) is 6.90. The largest absolute Gasteiger partial charge is 0.464 e. The lowest BCUT2D eigenvalue weighted by Gasteiger charge is -2.34. The van der Waals surface area contributed by atoms with Crippen LogP contribution >= 0.6 is 0 Å². The van der Waals surface area contributed by atoms with Crippen molar-refractivity contribution >= 4 is 11.8 Å². The molecule has 2 saturated heterocycles. The fourth-order valence-corrected chi connectivity index (χ4v) is 3.84. The second-order valence-corrected chi connectivity index (χ2v) is 7.59. The van der Waals surface area contributed by atoms with Gasteiger partial charge in [0.2, 0.25) is 11.8 Å². The average Bonchev–Trinajstić information content (AvgIpc) is 3.08. The zero-order chi connectivity index (χ0) is 19.2. The summed E-state index contributed by atoms with van der Waals surface area (Å²) in [4.78, 5) is 31.0. The second kappa shape index (κ2) is 9.37. The molecule has 0 N–H and O–H groups in total. The molecule has 0 saturated carbocycles. The highest BCUT2D eigenvalue weighted by atomic mass is 16.5. The van der Waals surface area contributed by atoms with Crippen LogP contribution in [0.3, 0.4) is 0 Å². The molecule has 0 aliphatic carbocycles. The number of furan rings is 1. The summed E-state index contributed by atoms with van der Waals surface area (Å²) in [5.41, 5.74) is 0. The van der Waals surface area contributed by atoms with Crippen molar-refractivity contribution in [1.82, 2.24) is 14.7 Å². The first-order valence-corrected chi connectivity index (χ1v) is 9.91. The van der Waals surface area contributed by atoms with Crippen LogP contribution in [0.5, 0.6) is 0 Å². The van der Waals surface area contributed by atoms with Gasteiger partial charge in [-0.1, -0.05) is 0 Å². The molecule has 0 unspecified atom stereocenters. The fraction of sp³-hybridized carbons (Fsp3) is 0.700. The van der Waals surface area contributed by atoms with E-state index in [1.54, 1.807) is 11.9 Å². The number of hydrogen-bond donors (Lipinski definition) is 0. The zero-order valence-electron chi connectivity index (χ0n) is 16.5. The van der Waals surface area contributed by atoms with Gasteiger partial charge in [-0.15, -0.1) is 0 Å². The second-order valence-electron chi connectivity index (χ2n) is 7.59. The zero-order valence-corrected chi connectivity index (χ0v) is 16.5. The Morgan fingerprint density at radius 3 is 2.74 bits per heavy atom. The van der Waals surface area contributed by atoms with Crippen molar-refractivity contribution in [1.29, 1.82) is 0 Å². The molecular weight excluding hydrogens is 346 g/mol. The first-order chi connectivity index (χ1) is 13.0. The Hall–Kier alpha value is -1.86. The molecular formula is C20H31N3O4. The predicted octanol–water partition coefficient (Wildman–Crippen LogP) is 1.51. The molecule has 0 radical (unpaired) electrons. The summed E-state index contributed by atoms with van der Waals surface area (Å²) in [6.45, 7) is 8.10. The highest BCUT2D eigenvalue weighted by Gasteiger charge is 2.31. The molecule has 0 aromatic carbocycles. The van der Waals surface area contributed by atoms with E-state index in [0.29, 0.717) is 25.9 Å². The number of amides is 2. The Balaban J connectivity index is 1.46. The van der Waals surface area contributed by atoms with E-state index in [1.807, 2.05) is 24.0 Å². The minimum Gasteiger partial charge on any atom is -0.464 e. The van der Waals surface area contributed by atoms with Crippen molar-refractivity contribution in [2.24, 2.45) is 5.92 Å². The van der Waals surface area contributed by atoms with Gasteiger partial charge < -0.3 is 19.0 Å². The number of aryl methyl sites for hydroxylation is 1. The summed E-state index contributed by atoms with van der Waals surface area (Å²) in [7, 11) is 1.80. The van der Waals surface area contributed by atoms with Crippen LogP contribution < -0.4 is 0 Å². The number of ether oxygens (including phenoxy) is 1. The van der Waals surface area contributed by atoms with Crippen molar-refractivity contribution in [3.63, 3.8) is 0 Å². The van der Waals surface area contributed by atoms with Gasteiger partial charge in [-0.2, -0.15) is 0 Å². The van der Waals surface area contributed by atoms with Crippen LogP contribution in [-0.2, 0) is 20.9 Å². The molecule has 3 rings (SSSR count). The summed E-state index contributed by atoms with van der Waals surface area (Å²) in [5, 5.41) is 0. The Morgan fingerprint density at radius 1 is 1.26 bits per heavy atom. The first kappa shape index (κ1) is 19.9. The number of carbonyl (C=O) groups excluding carboxylic acids is 2. The number of carbonyl (C=O) groups is 2. The maximum Gasteiger partial charge on any atom is 0.227 e. The first-order valence-electron chi connectivity index (χ1n) is 9.91. The van der Waals surface area contributed by atoms with Crippen LogP contribution in [0.15, 0.2) is 16.5 Å². The van der Waals surface area contributed by atoms with E-state index in [0.717, 1.165) is 57.3 Å². The summed E-state index contributed by atoms with van der Waals surface area (Å²) in [6, 6.07) is 3.81. The number of morpholine rings is 1. The maximum absolute atomic E-state index is 12.8. The van der Waals surface area contributed by atoms with Gasteiger partial charge in [0.15, 0.2) is 0 Å². The molecule has 2 amide bonds. The summed E-state index contributed by atoms with van der Waals surface area (Å²) in [5.74, 6) is 1.78. The Morgan fingerprint density at radius 2 is 2.04 bits per heavy atom. The standard InChI is InChI=1S/C20H31N3O4/c1-16-4-6-18(27-16)15-21(2)20(25)17-5-7-19(24)23(14-17)9-3-8-22-10-12-26-13-11-22/h4,6,17H,3,5,7-15H2,1-2H3/t17-/m0/s1. The van der Waals surface area contributed by atoms with Gasteiger partial charge >= 0.3 is 0 Å². The lowest BCUT2D eigenvalue weighted by molar-refractivity contribution is -0.142. The lowest BCUT2D eigenvalue weighted by Crippen LogP contribution is -2.47. The van der Waals surface area contributed by atoms with Gasteiger partial charge in [-0.05, 0) is 31.9 Å². The molecule has 150 valence electrons. The van der Waals surface area contributed by atoms with Gasteiger partial charge in [0, 0.05) is 46.2 Å². The SMILES string of the molecule is Cc1ccc(CN(C)C(=O)[C@H]2CCC(=O)N(CCCN3CCOCC3)C2)o1. The van der Waals surface area contributed by atoms with Crippen molar-refractivity contribution in [3.8, 4) is 0 Å². The molecule has 2 aliphatic rings. The van der Waals surface area contributed by atoms with E-state index in [1.165, 1.54) is 0 Å². The van der Waals surface area contributed by atoms with E-state index < -0.39 is 0 Å². The molecule has 1 aromatic rings. The average molecular weight is 377 g/mol. The third kappa shape index (κ3) is 5.56. The number of hydrogen-bond acceptors (Lipinski definition) is 5. The number of rotatable bonds is 7. The quantitative estimate of drug-likeness (QED) is 0.721. The van der Waals surface area contributed by atoms with E-state index in [9.17, 15) is 9.59 Å². The molecule has 2 aliphatic heterocycles. The predicted molar refractivity (Wildman–Crippen MR) is 101 cm³/mol. The summed E-state index contributed by atoms with van der Waals surface area (Å²) in [6.07, 6.45) is 2.04. The minimum atomic E-state index is -0.118. The number of piperidine rings is 1. The summed E-state index contributed by atoms with van der Waals surface area (Å²) < 4.78 is 10.9. The minimum absolute atomic E-state index is 0.0923. The molecule has 0 bridgehead atoms. The molecule has 1 atom stereocenters. The van der Waals surface area contributed by atoms with Crippen molar-refractivity contribution in [2.75, 3.05) is 53.0 Å². The molecule has 7 heteroatoms. The highest BCUT2D eigenvalue weighted by molar-refractivity contribution is 5.83. The van der Waals surface area contributed by atoms with Crippen LogP contribution in [0.1, 0.15) is 30.8 Å². The Labute approximate surface area is 161 Å². The lowest BCUT2D eigenvalue weighted by atomic mass is 9.96. The molecule has 3 heterocycles. The van der Waals surface area contributed by atoms with Gasteiger partial charge in [0.25, 0.3) is 0 Å². The number of likely N-dealkylation sites (tertiary alicyclic amines) is 1. The van der Waals surface area contributed by atoms with E-state index in [-0.39, 0.29) is 17.7 Å². The smallest absolute Gasteiger partial charge is 0.227 e. The molecule has 1 aromatic heterocycles. The van der Waals surface area contributed by atoms with Crippen molar-refractivity contribution in [3.05, 3.63) is 23.7 Å². The van der Waals surface area contributed by atoms with Gasteiger partial charge in [0.05, 0.1) is 25.7 Å². The normalized spacial score (nSPS) is 21.5. The van der Waals surface area contributed by atoms with Crippen LogP contribution in [-0.4, -0.2) is 79.5 Å². The van der Waals surface area contributed by atoms with E-state index >= 15 is 0 Å². The van der Waals surface area contributed by atoms with Crippen molar-refractivity contribution in [2.45, 2.75) is 32.7 Å².